The van der Waals surface area contributed by atoms with Crippen LogP contribution in [0, 0.1) is 11.6 Å². The fraction of sp³-hybridized carbons (Fsp3) is 0.429. The summed E-state index contributed by atoms with van der Waals surface area (Å²) in [5.41, 5.74) is -1.19. The molecule has 5 nitrogen and oxygen atoms in total. The van der Waals surface area contributed by atoms with Crippen LogP contribution in [0.15, 0.2) is 18.2 Å². The lowest BCUT2D eigenvalue weighted by Crippen LogP contribution is -2.47. The number of nitrogens with zero attached hydrogens (tertiary/aromatic N) is 1. The van der Waals surface area contributed by atoms with Crippen molar-refractivity contribution in [1.29, 1.82) is 0 Å². The average Bonchev–Trinajstić information content (AvgIpc) is 3.03. The van der Waals surface area contributed by atoms with E-state index in [9.17, 15) is 23.5 Å². The van der Waals surface area contributed by atoms with Crippen LogP contribution in [0.5, 0.6) is 0 Å². The zero-order chi connectivity index (χ0) is 15.9. The van der Waals surface area contributed by atoms with Crippen LogP contribution in [0.4, 0.5) is 13.6 Å². The van der Waals surface area contributed by atoms with Crippen LogP contribution < -0.4 is 5.32 Å². The van der Waals surface area contributed by atoms with E-state index < -0.39 is 41.8 Å². The molecule has 0 unspecified atom stereocenters. The van der Waals surface area contributed by atoms with Crippen molar-refractivity contribution in [2.45, 2.75) is 18.1 Å². The van der Waals surface area contributed by atoms with Crippen LogP contribution in [-0.4, -0.2) is 45.5 Å². The molecule has 3 amide bonds. The summed E-state index contributed by atoms with van der Waals surface area (Å²) in [4.78, 5) is 25.3. The van der Waals surface area contributed by atoms with Crippen molar-refractivity contribution in [3.63, 3.8) is 0 Å². The van der Waals surface area contributed by atoms with Crippen LogP contribution in [-0.2, 0) is 4.79 Å². The highest BCUT2D eigenvalue weighted by Gasteiger charge is 2.53. The second-order valence-electron chi connectivity index (χ2n) is 5.41. The number of carbonyl (C=O) groups excluding carboxylic acids is 2. The highest BCUT2D eigenvalue weighted by Crippen LogP contribution is 2.34. The predicted octanol–water partition coefficient (Wildman–Crippen LogP) is 1.43. The molecular weight excluding hydrogens is 314 g/mol. The molecule has 2 saturated heterocycles. The van der Waals surface area contributed by atoms with E-state index in [-0.39, 0.29) is 5.56 Å². The summed E-state index contributed by atoms with van der Waals surface area (Å²) < 4.78 is 26.8. The predicted molar refractivity (Wildman–Crippen MR) is 76.2 cm³/mol. The fourth-order valence-electron chi connectivity index (χ4n) is 2.72. The largest absolute Gasteiger partial charge is 0.386 e. The van der Waals surface area contributed by atoms with Crippen molar-refractivity contribution in [2.24, 2.45) is 0 Å². The highest BCUT2D eigenvalue weighted by atomic mass is 32.2. The number of rotatable bonds is 3. The Bertz CT molecular complexity index is 635. The number of carbonyl (C=O) groups is 2. The molecule has 2 heterocycles. The van der Waals surface area contributed by atoms with Gasteiger partial charge in [0.05, 0.1) is 6.54 Å². The van der Waals surface area contributed by atoms with Gasteiger partial charge in [-0.3, -0.25) is 9.69 Å². The van der Waals surface area contributed by atoms with E-state index in [1.807, 2.05) is 0 Å². The van der Waals surface area contributed by atoms with E-state index in [0.717, 1.165) is 28.9 Å². The van der Waals surface area contributed by atoms with Gasteiger partial charge in [-0.15, -0.1) is 0 Å². The van der Waals surface area contributed by atoms with Crippen molar-refractivity contribution in [1.82, 2.24) is 10.2 Å². The third-order valence-electron chi connectivity index (χ3n) is 3.94. The number of amides is 3. The maximum atomic E-state index is 13.6. The Hall–Kier alpha value is -1.67. The van der Waals surface area contributed by atoms with E-state index in [4.69, 9.17) is 0 Å². The van der Waals surface area contributed by atoms with Gasteiger partial charge >= 0.3 is 6.03 Å². The van der Waals surface area contributed by atoms with Crippen molar-refractivity contribution in [3.8, 4) is 0 Å². The van der Waals surface area contributed by atoms with E-state index >= 15 is 0 Å². The molecule has 0 bridgehead atoms. The molecule has 2 N–H and O–H groups in total. The first kappa shape index (κ1) is 15.2. The monoisotopic (exact) mass is 328 g/mol. The lowest BCUT2D eigenvalue weighted by molar-refractivity contribution is -0.131. The molecule has 0 saturated carbocycles. The van der Waals surface area contributed by atoms with Crippen molar-refractivity contribution >= 4 is 23.7 Å². The molecule has 8 heteroatoms. The number of halogens is 2. The molecule has 1 spiro atoms. The van der Waals surface area contributed by atoms with Gasteiger partial charge in [-0.05, 0) is 30.4 Å². The van der Waals surface area contributed by atoms with E-state index in [1.54, 1.807) is 11.8 Å². The van der Waals surface area contributed by atoms with Gasteiger partial charge in [-0.2, -0.15) is 11.8 Å². The Balaban J connectivity index is 1.79. The van der Waals surface area contributed by atoms with Crippen LogP contribution in [0.25, 0.3) is 0 Å². The number of thioether (sulfide) groups is 1. The topological polar surface area (TPSA) is 69.6 Å². The van der Waals surface area contributed by atoms with Gasteiger partial charge in [0.2, 0.25) is 0 Å². The van der Waals surface area contributed by atoms with Crippen molar-refractivity contribution in [2.75, 3.05) is 18.1 Å². The minimum absolute atomic E-state index is 0.276. The number of hydrogen-bond donors (Lipinski definition) is 2. The van der Waals surface area contributed by atoms with E-state index in [1.165, 1.54) is 0 Å². The zero-order valence-electron chi connectivity index (χ0n) is 11.5. The smallest absolute Gasteiger partial charge is 0.325 e. The molecule has 2 atom stereocenters. The molecule has 118 valence electrons. The Labute approximate surface area is 129 Å². The van der Waals surface area contributed by atoms with Gasteiger partial charge in [-0.25, -0.2) is 13.6 Å². The highest BCUT2D eigenvalue weighted by molar-refractivity contribution is 7.99. The van der Waals surface area contributed by atoms with Gasteiger partial charge in [0.25, 0.3) is 5.91 Å². The summed E-state index contributed by atoms with van der Waals surface area (Å²) in [7, 11) is 0. The van der Waals surface area contributed by atoms with Gasteiger partial charge in [0, 0.05) is 11.3 Å². The van der Waals surface area contributed by atoms with Crippen LogP contribution in [0.1, 0.15) is 18.1 Å². The van der Waals surface area contributed by atoms with Crippen LogP contribution in [0.2, 0.25) is 0 Å². The quantitative estimate of drug-likeness (QED) is 0.824. The fourth-order valence-corrected chi connectivity index (χ4v) is 4.04. The SMILES string of the molecule is O=C1N[C@@]2(CCSC2)C(=O)N1C[C@@H](O)c1cc(F)ccc1F. The third kappa shape index (κ3) is 2.46. The lowest BCUT2D eigenvalue weighted by atomic mass is 9.99. The Morgan fingerprint density at radius 1 is 1.41 bits per heavy atom. The maximum Gasteiger partial charge on any atom is 0.325 e. The number of benzene rings is 1. The molecule has 1 aromatic rings. The minimum atomic E-state index is -1.48. The number of aliphatic hydroxyl groups is 1. The number of nitrogens with one attached hydrogen (secondary N) is 1. The number of aliphatic hydroxyl groups excluding tert-OH is 1. The summed E-state index contributed by atoms with van der Waals surface area (Å²) in [6.07, 6.45) is -0.946. The van der Waals surface area contributed by atoms with Gasteiger partial charge in [0.15, 0.2) is 0 Å². The average molecular weight is 328 g/mol. The Morgan fingerprint density at radius 3 is 2.86 bits per heavy atom. The molecule has 0 aliphatic carbocycles. The Kier molecular flexibility index (Phi) is 3.82. The zero-order valence-corrected chi connectivity index (χ0v) is 12.3. The number of β-amino-alcohol motifs (C(OH)–C–C–N with tert-alkyl or cyclic N) is 1. The lowest BCUT2D eigenvalue weighted by Gasteiger charge is -2.21. The van der Waals surface area contributed by atoms with Crippen LogP contribution in [0.3, 0.4) is 0 Å². The molecule has 3 rings (SSSR count). The first-order valence-corrected chi connectivity index (χ1v) is 7.93. The molecule has 2 fully saturated rings. The van der Waals surface area contributed by atoms with Gasteiger partial charge in [-0.1, -0.05) is 0 Å². The first-order valence-electron chi connectivity index (χ1n) is 6.78. The normalized spacial score (nSPS) is 25.9. The van der Waals surface area contributed by atoms with E-state index in [0.29, 0.717) is 12.2 Å². The summed E-state index contributed by atoms with van der Waals surface area (Å²) >= 11 is 1.56. The van der Waals surface area contributed by atoms with E-state index in [2.05, 4.69) is 5.32 Å². The van der Waals surface area contributed by atoms with Gasteiger partial charge < -0.3 is 10.4 Å². The van der Waals surface area contributed by atoms with Gasteiger partial charge in [0.1, 0.15) is 23.3 Å². The molecule has 0 radical (unpaired) electrons. The van der Waals surface area contributed by atoms with Crippen LogP contribution >= 0.6 is 11.8 Å². The molecular formula is C14H14F2N2O3S. The maximum absolute atomic E-state index is 13.6. The summed E-state index contributed by atoms with van der Waals surface area (Å²) in [5.74, 6) is -0.652. The molecule has 0 aromatic heterocycles. The Morgan fingerprint density at radius 2 is 2.18 bits per heavy atom. The number of imide groups is 1. The molecule has 2 aliphatic rings. The summed E-state index contributed by atoms with van der Waals surface area (Å²) in [6.45, 7) is -0.405. The second kappa shape index (κ2) is 5.51. The minimum Gasteiger partial charge on any atom is -0.386 e. The third-order valence-corrected chi connectivity index (χ3v) is 5.13. The van der Waals surface area contributed by atoms with Crippen molar-refractivity contribution < 1.29 is 23.5 Å². The molecule has 2 aliphatic heterocycles. The number of hydrogen-bond acceptors (Lipinski definition) is 4. The number of urea groups is 1. The first-order chi connectivity index (χ1) is 10.4. The summed E-state index contributed by atoms with van der Waals surface area (Å²) in [6, 6.07) is 2.08. The standard InChI is InChI=1S/C14H14F2N2O3S/c15-8-1-2-10(16)9(5-8)11(19)6-18-12(20)14(17-13(18)21)3-4-22-7-14/h1-2,5,11,19H,3-4,6-7H2,(H,17,21)/t11-,14-/m1/s1. The second-order valence-corrected chi connectivity index (χ2v) is 6.52. The van der Waals surface area contributed by atoms with Crippen molar-refractivity contribution in [3.05, 3.63) is 35.4 Å². The summed E-state index contributed by atoms with van der Waals surface area (Å²) in [5, 5.41) is 12.7. The molecule has 1 aromatic carbocycles. The molecule has 22 heavy (non-hydrogen) atoms.